The van der Waals surface area contributed by atoms with Crippen LogP contribution in [0.5, 0.6) is 0 Å². The Bertz CT molecular complexity index is 341. The molecule has 0 atom stereocenters. The molecule has 0 heterocycles. The molecule has 0 spiro atoms. The molecular formula is C7H7F2N3O. The molecule has 4 N–H and O–H groups in total. The van der Waals surface area contributed by atoms with Gasteiger partial charge in [-0.15, -0.1) is 0 Å². The van der Waals surface area contributed by atoms with Gasteiger partial charge < -0.3 is 5.73 Å². The summed E-state index contributed by atoms with van der Waals surface area (Å²) in [5.74, 6) is -2.54. The molecule has 0 bridgehead atoms. The van der Waals surface area contributed by atoms with Crippen LogP contribution in [0.1, 0.15) is 0 Å². The molecule has 0 aliphatic heterocycles. The molecule has 0 fully saturated rings. The number of hydrogen-bond acceptors (Lipinski definition) is 2. The summed E-state index contributed by atoms with van der Waals surface area (Å²) in [6.07, 6.45) is 0. The van der Waals surface area contributed by atoms with Crippen LogP contribution in [0, 0.1) is 11.6 Å². The van der Waals surface area contributed by atoms with Crippen LogP contribution in [0.25, 0.3) is 0 Å². The van der Waals surface area contributed by atoms with E-state index in [1.54, 1.807) is 0 Å². The minimum Gasteiger partial charge on any atom is -0.368 e. The smallest absolute Gasteiger partial charge is 0.218 e. The van der Waals surface area contributed by atoms with Crippen LogP contribution in [0.3, 0.4) is 0 Å². The molecule has 0 saturated heterocycles. The monoisotopic (exact) mass is 187 g/mol. The molecule has 0 radical (unpaired) electrons. The summed E-state index contributed by atoms with van der Waals surface area (Å²) < 4.78 is 25.4. The lowest BCUT2D eigenvalue weighted by molar-refractivity contribution is 0.233. The fourth-order valence-corrected chi connectivity index (χ4v) is 0.734. The van der Waals surface area contributed by atoms with Gasteiger partial charge in [0.25, 0.3) is 0 Å². The first-order chi connectivity index (χ1) is 6.15. The second-order valence-corrected chi connectivity index (χ2v) is 2.18. The van der Waals surface area contributed by atoms with E-state index in [0.717, 1.165) is 6.07 Å². The molecule has 0 aliphatic rings. The zero-order valence-corrected chi connectivity index (χ0v) is 6.46. The number of nitrogens with two attached hydrogens (primary N) is 1. The van der Waals surface area contributed by atoms with Gasteiger partial charge in [-0.05, 0) is 12.1 Å². The third-order valence-corrected chi connectivity index (χ3v) is 1.29. The molecule has 6 heteroatoms. The van der Waals surface area contributed by atoms with Crippen LogP contribution in [-0.4, -0.2) is 11.2 Å². The van der Waals surface area contributed by atoms with Gasteiger partial charge in [0.2, 0.25) is 5.96 Å². The van der Waals surface area contributed by atoms with Crippen molar-refractivity contribution in [3.8, 4) is 0 Å². The van der Waals surface area contributed by atoms with E-state index >= 15 is 0 Å². The van der Waals surface area contributed by atoms with Crippen molar-refractivity contribution in [1.29, 1.82) is 0 Å². The Morgan fingerprint density at radius 2 is 2.15 bits per heavy atom. The maximum absolute atomic E-state index is 12.9. The van der Waals surface area contributed by atoms with Crippen LogP contribution in [0.15, 0.2) is 23.2 Å². The molecule has 4 nitrogen and oxygen atoms in total. The van der Waals surface area contributed by atoms with Crippen molar-refractivity contribution in [2.24, 2.45) is 10.7 Å². The van der Waals surface area contributed by atoms with Crippen molar-refractivity contribution in [3.63, 3.8) is 0 Å². The fraction of sp³-hybridized carbons (Fsp3) is 0. The van der Waals surface area contributed by atoms with E-state index in [2.05, 4.69) is 4.99 Å². The average Bonchev–Trinajstić information content (AvgIpc) is 2.13. The number of nitrogens with zero attached hydrogens (tertiary/aromatic N) is 1. The molecule has 1 rings (SSSR count). The van der Waals surface area contributed by atoms with Gasteiger partial charge in [-0.3, -0.25) is 5.21 Å². The van der Waals surface area contributed by atoms with Gasteiger partial charge >= 0.3 is 0 Å². The minimum atomic E-state index is -1.11. The highest BCUT2D eigenvalue weighted by Gasteiger charge is 2.06. The maximum atomic E-state index is 12.9. The van der Waals surface area contributed by atoms with E-state index in [1.165, 1.54) is 17.6 Å². The summed E-state index contributed by atoms with van der Waals surface area (Å²) >= 11 is 0. The maximum Gasteiger partial charge on any atom is 0.218 e. The summed E-state index contributed by atoms with van der Waals surface area (Å²) in [4.78, 5) is 3.36. The highest BCUT2D eigenvalue weighted by molar-refractivity contribution is 5.79. The van der Waals surface area contributed by atoms with Gasteiger partial charge in [-0.2, -0.15) is 0 Å². The minimum absolute atomic E-state index is 0.279. The van der Waals surface area contributed by atoms with Gasteiger partial charge in [0.1, 0.15) is 5.69 Å². The van der Waals surface area contributed by atoms with Crippen LogP contribution in [0.4, 0.5) is 14.5 Å². The van der Waals surface area contributed by atoms with Gasteiger partial charge in [-0.25, -0.2) is 19.3 Å². The Labute approximate surface area is 72.7 Å². The van der Waals surface area contributed by atoms with E-state index in [1.807, 2.05) is 0 Å². The Balaban J connectivity index is 3.09. The third kappa shape index (κ3) is 2.12. The molecule has 0 unspecified atom stereocenters. The standard InChI is InChI=1S/C7H7F2N3O/c8-4-2-1-3-5(6(4)9)11-7(10)12-13/h1-3,13H,(H3,10,11,12). The quantitative estimate of drug-likeness (QED) is 0.347. The molecule has 0 amide bonds. The number of aliphatic imine (C=N–C) groups is 1. The largest absolute Gasteiger partial charge is 0.368 e. The second-order valence-electron chi connectivity index (χ2n) is 2.18. The van der Waals surface area contributed by atoms with Gasteiger partial charge in [0.15, 0.2) is 11.6 Å². The van der Waals surface area contributed by atoms with Crippen molar-refractivity contribution >= 4 is 11.6 Å². The lowest BCUT2D eigenvalue weighted by atomic mass is 10.3. The van der Waals surface area contributed by atoms with Crippen LogP contribution >= 0.6 is 0 Å². The molecule has 0 aromatic heterocycles. The predicted octanol–water partition coefficient (Wildman–Crippen LogP) is 0.890. The van der Waals surface area contributed by atoms with E-state index in [9.17, 15) is 8.78 Å². The molecule has 1 aromatic carbocycles. The number of halogens is 2. The zero-order valence-electron chi connectivity index (χ0n) is 6.46. The third-order valence-electron chi connectivity index (χ3n) is 1.29. The number of benzene rings is 1. The van der Waals surface area contributed by atoms with E-state index in [-0.39, 0.29) is 5.69 Å². The lowest BCUT2D eigenvalue weighted by Crippen LogP contribution is -2.27. The normalized spacial score (nSPS) is 11.5. The number of hydrogen-bond donors (Lipinski definition) is 3. The Morgan fingerprint density at radius 1 is 1.46 bits per heavy atom. The van der Waals surface area contributed by atoms with E-state index < -0.39 is 17.6 Å². The van der Waals surface area contributed by atoms with E-state index in [0.29, 0.717) is 0 Å². The summed E-state index contributed by atoms with van der Waals surface area (Å²) in [7, 11) is 0. The molecule has 1 aromatic rings. The number of guanidine groups is 1. The Hall–Kier alpha value is -1.69. The molecule has 0 aliphatic carbocycles. The first-order valence-corrected chi connectivity index (χ1v) is 3.33. The van der Waals surface area contributed by atoms with Gasteiger partial charge in [-0.1, -0.05) is 6.07 Å². The van der Waals surface area contributed by atoms with Gasteiger partial charge in [0, 0.05) is 0 Å². The summed E-state index contributed by atoms with van der Waals surface area (Å²) in [5, 5.41) is 8.23. The van der Waals surface area contributed by atoms with Crippen molar-refractivity contribution in [2.45, 2.75) is 0 Å². The first-order valence-electron chi connectivity index (χ1n) is 3.33. The molecule has 0 saturated carbocycles. The highest BCUT2D eigenvalue weighted by Crippen LogP contribution is 2.19. The van der Waals surface area contributed by atoms with Crippen molar-refractivity contribution in [3.05, 3.63) is 29.8 Å². The van der Waals surface area contributed by atoms with Crippen molar-refractivity contribution in [2.75, 3.05) is 0 Å². The summed E-state index contributed by atoms with van der Waals surface area (Å²) in [5.41, 5.74) is 6.24. The highest BCUT2D eigenvalue weighted by atomic mass is 19.2. The first kappa shape index (κ1) is 9.40. The molecule has 13 heavy (non-hydrogen) atoms. The predicted molar refractivity (Wildman–Crippen MR) is 42.6 cm³/mol. The SMILES string of the molecule is NC(=Nc1cccc(F)c1F)NO. The van der Waals surface area contributed by atoms with Gasteiger partial charge in [0.05, 0.1) is 0 Å². The van der Waals surface area contributed by atoms with Crippen molar-refractivity contribution in [1.82, 2.24) is 5.48 Å². The Morgan fingerprint density at radius 3 is 2.77 bits per heavy atom. The fourth-order valence-electron chi connectivity index (χ4n) is 0.734. The number of hydroxylamine groups is 1. The molecular weight excluding hydrogens is 180 g/mol. The second kappa shape index (κ2) is 3.81. The molecule has 70 valence electrons. The topological polar surface area (TPSA) is 70.6 Å². The Kier molecular flexibility index (Phi) is 2.76. The van der Waals surface area contributed by atoms with Crippen molar-refractivity contribution < 1.29 is 14.0 Å². The lowest BCUT2D eigenvalue weighted by Gasteiger charge is -1.99. The number of rotatable bonds is 1. The summed E-state index contributed by atoms with van der Waals surface area (Å²) in [6.45, 7) is 0. The zero-order chi connectivity index (χ0) is 9.84. The van der Waals surface area contributed by atoms with Crippen LogP contribution in [-0.2, 0) is 0 Å². The number of nitrogens with one attached hydrogen (secondary N) is 1. The van der Waals surface area contributed by atoms with Crippen LogP contribution in [0.2, 0.25) is 0 Å². The summed E-state index contributed by atoms with van der Waals surface area (Å²) in [6, 6.07) is 3.46. The average molecular weight is 187 g/mol. The van der Waals surface area contributed by atoms with E-state index in [4.69, 9.17) is 10.9 Å². The van der Waals surface area contributed by atoms with Crippen LogP contribution < -0.4 is 11.2 Å².